The average Bonchev–Trinajstić information content (AvgIpc) is 2.88. The molecule has 7 atom stereocenters. The van der Waals surface area contributed by atoms with Gasteiger partial charge in [-0.1, -0.05) is 19.1 Å². The first-order valence-corrected chi connectivity index (χ1v) is 10.4. The van der Waals surface area contributed by atoms with E-state index in [2.05, 4.69) is 13.5 Å². The summed E-state index contributed by atoms with van der Waals surface area (Å²) in [4.78, 5) is 14.1. The molecule has 2 saturated carbocycles. The largest absolute Gasteiger partial charge is 0.462 e. The van der Waals surface area contributed by atoms with Crippen LogP contribution in [-0.2, 0) is 9.53 Å². The SMILES string of the molecule is C=C1CCC[C@]2(C)C[C@H]3OC(=O)[C@H](C[NH+]4CCCC[C@@H]4CO)[C@H]3C[C@H]12. The summed E-state index contributed by atoms with van der Waals surface area (Å²) in [7, 11) is 0. The van der Waals surface area contributed by atoms with Gasteiger partial charge < -0.3 is 14.7 Å². The number of aliphatic hydroxyl groups excluding tert-OH is 1. The molecule has 140 valence electrons. The molecule has 0 aromatic rings. The first-order valence-electron chi connectivity index (χ1n) is 10.4. The fraction of sp³-hybridized carbons (Fsp3) is 0.857. The maximum absolute atomic E-state index is 12.7. The van der Waals surface area contributed by atoms with Gasteiger partial charge in [0, 0.05) is 12.3 Å². The number of hydrogen-bond donors (Lipinski definition) is 2. The molecular formula is C21H34NO3+. The minimum Gasteiger partial charge on any atom is -0.462 e. The number of fused-ring (bicyclic) bond motifs is 2. The standard InChI is InChI=1S/C21H33NO3/c1-14-6-5-8-21(2)11-19-16(10-18(14)21)17(20(24)25-19)12-22-9-4-3-7-15(22)13-23/h15-19,23H,1,3-13H2,2H3/p+1/t15-,16-,17-,18-,19-,21-/m1/s1. The predicted octanol–water partition coefficient (Wildman–Crippen LogP) is 1.73. The molecule has 4 rings (SSSR count). The lowest BCUT2D eigenvalue weighted by molar-refractivity contribution is -0.933. The third-order valence-electron chi connectivity index (χ3n) is 7.90. The highest BCUT2D eigenvalue weighted by atomic mass is 16.6. The number of nitrogens with one attached hydrogen (secondary N) is 1. The Morgan fingerprint density at radius 1 is 1.36 bits per heavy atom. The number of likely N-dealkylation sites (tertiary alicyclic amines) is 1. The number of hydrogen-bond acceptors (Lipinski definition) is 3. The van der Waals surface area contributed by atoms with Gasteiger partial charge in [-0.15, -0.1) is 0 Å². The van der Waals surface area contributed by atoms with Gasteiger partial charge in [-0.3, -0.25) is 4.79 Å². The number of quaternary nitrogens is 1. The van der Waals surface area contributed by atoms with Gasteiger partial charge in [0.15, 0.2) is 0 Å². The zero-order valence-electron chi connectivity index (χ0n) is 15.6. The molecule has 4 nitrogen and oxygen atoms in total. The lowest BCUT2D eigenvalue weighted by Crippen LogP contribution is -3.17. The molecule has 2 saturated heterocycles. The second-order valence-electron chi connectivity index (χ2n) is 9.39. The lowest BCUT2D eigenvalue weighted by Gasteiger charge is -2.50. The summed E-state index contributed by atoms with van der Waals surface area (Å²) in [5, 5.41) is 9.71. The fourth-order valence-electron chi connectivity index (χ4n) is 6.41. The molecule has 1 unspecified atom stereocenters. The van der Waals surface area contributed by atoms with Crippen LogP contribution in [0.5, 0.6) is 0 Å². The Morgan fingerprint density at radius 2 is 2.20 bits per heavy atom. The van der Waals surface area contributed by atoms with E-state index in [1.165, 1.54) is 36.2 Å². The molecule has 0 aromatic carbocycles. The summed E-state index contributed by atoms with van der Waals surface area (Å²) in [6.07, 6.45) is 9.33. The Kier molecular flexibility index (Phi) is 4.70. The highest BCUT2D eigenvalue weighted by Crippen LogP contribution is 2.56. The number of rotatable bonds is 3. The van der Waals surface area contributed by atoms with Crippen molar-refractivity contribution in [2.45, 2.75) is 70.4 Å². The number of piperidine rings is 1. The lowest BCUT2D eigenvalue weighted by atomic mass is 9.55. The molecule has 0 spiro atoms. The van der Waals surface area contributed by atoms with Crippen LogP contribution in [0.2, 0.25) is 0 Å². The van der Waals surface area contributed by atoms with E-state index in [0.717, 1.165) is 38.8 Å². The molecule has 0 amide bonds. The summed E-state index contributed by atoms with van der Waals surface area (Å²) in [6.45, 7) is 8.94. The maximum atomic E-state index is 12.7. The maximum Gasteiger partial charge on any atom is 0.315 e. The van der Waals surface area contributed by atoms with Crippen molar-refractivity contribution >= 4 is 5.97 Å². The molecule has 4 heteroatoms. The molecule has 0 radical (unpaired) electrons. The van der Waals surface area contributed by atoms with Crippen molar-refractivity contribution in [2.75, 3.05) is 19.7 Å². The van der Waals surface area contributed by atoms with Gasteiger partial charge in [0.25, 0.3) is 0 Å². The quantitative estimate of drug-likeness (QED) is 0.603. The van der Waals surface area contributed by atoms with Gasteiger partial charge in [0.1, 0.15) is 18.1 Å². The molecule has 25 heavy (non-hydrogen) atoms. The summed E-state index contributed by atoms with van der Waals surface area (Å²) in [6, 6.07) is 0.305. The number of ether oxygens (including phenoxy) is 1. The number of carbonyl (C=O) groups is 1. The van der Waals surface area contributed by atoms with Crippen molar-refractivity contribution in [3.63, 3.8) is 0 Å². The van der Waals surface area contributed by atoms with Crippen LogP contribution in [0, 0.1) is 23.2 Å². The van der Waals surface area contributed by atoms with Crippen LogP contribution < -0.4 is 4.90 Å². The van der Waals surface area contributed by atoms with Crippen molar-refractivity contribution < 1.29 is 19.5 Å². The Bertz CT molecular complexity index is 547. The van der Waals surface area contributed by atoms with E-state index >= 15 is 0 Å². The van der Waals surface area contributed by atoms with E-state index in [-0.39, 0.29) is 30.0 Å². The molecular weight excluding hydrogens is 314 g/mol. The zero-order valence-corrected chi connectivity index (χ0v) is 15.6. The smallest absolute Gasteiger partial charge is 0.315 e. The Labute approximate surface area is 151 Å². The number of carbonyl (C=O) groups excluding carboxylic acids is 1. The number of esters is 1. The van der Waals surface area contributed by atoms with Gasteiger partial charge in [-0.25, -0.2) is 0 Å². The van der Waals surface area contributed by atoms with Crippen molar-refractivity contribution in [3.8, 4) is 0 Å². The van der Waals surface area contributed by atoms with E-state index in [0.29, 0.717) is 17.9 Å². The van der Waals surface area contributed by atoms with Crippen LogP contribution in [0.25, 0.3) is 0 Å². The average molecular weight is 349 g/mol. The van der Waals surface area contributed by atoms with Gasteiger partial charge >= 0.3 is 5.97 Å². The van der Waals surface area contributed by atoms with Crippen LogP contribution >= 0.6 is 0 Å². The molecule has 2 N–H and O–H groups in total. The van der Waals surface area contributed by atoms with Crippen molar-refractivity contribution in [1.29, 1.82) is 0 Å². The van der Waals surface area contributed by atoms with Gasteiger partial charge in [-0.2, -0.15) is 0 Å². The van der Waals surface area contributed by atoms with E-state index in [1.807, 2.05) is 0 Å². The van der Waals surface area contributed by atoms with Crippen molar-refractivity contribution in [2.24, 2.45) is 23.2 Å². The number of allylic oxidation sites excluding steroid dienone is 1. The summed E-state index contributed by atoms with van der Waals surface area (Å²) < 4.78 is 5.89. The highest BCUT2D eigenvalue weighted by molar-refractivity contribution is 5.75. The third kappa shape index (κ3) is 3.06. The summed E-state index contributed by atoms with van der Waals surface area (Å²) in [5.41, 5.74) is 1.68. The Balaban J connectivity index is 1.51. The molecule has 2 heterocycles. The van der Waals surface area contributed by atoms with Crippen LogP contribution in [0.15, 0.2) is 12.2 Å². The predicted molar refractivity (Wildman–Crippen MR) is 96.1 cm³/mol. The molecule has 4 fully saturated rings. The van der Waals surface area contributed by atoms with Crippen LogP contribution in [-0.4, -0.2) is 42.9 Å². The minimum absolute atomic E-state index is 0.0198. The number of aliphatic hydroxyl groups is 1. The summed E-state index contributed by atoms with van der Waals surface area (Å²) in [5.74, 6) is 0.961. The third-order valence-corrected chi connectivity index (χ3v) is 7.90. The topological polar surface area (TPSA) is 51.0 Å². The van der Waals surface area contributed by atoms with E-state index in [4.69, 9.17) is 4.74 Å². The molecule has 0 bridgehead atoms. The second kappa shape index (κ2) is 6.70. The monoisotopic (exact) mass is 348 g/mol. The van der Waals surface area contributed by atoms with Crippen LogP contribution in [0.1, 0.15) is 58.3 Å². The summed E-state index contributed by atoms with van der Waals surface area (Å²) >= 11 is 0. The first-order chi connectivity index (χ1) is 12.0. The van der Waals surface area contributed by atoms with Gasteiger partial charge in [0.05, 0.1) is 19.7 Å². The van der Waals surface area contributed by atoms with E-state index in [9.17, 15) is 9.90 Å². The minimum atomic E-state index is 0.0198. The molecule has 2 aliphatic heterocycles. The molecule has 4 aliphatic rings. The van der Waals surface area contributed by atoms with Crippen molar-refractivity contribution in [3.05, 3.63) is 12.2 Å². The normalized spacial score (nSPS) is 47.1. The molecule has 2 aliphatic carbocycles. The Morgan fingerprint density at radius 3 is 3.00 bits per heavy atom. The van der Waals surface area contributed by atoms with Crippen LogP contribution in [0.3, 0.4) is 0 Å². The van der Waals surface area contributed by atoms with E-state index < -0.39 is 0 Å². The zero-order chi connectivity index (χ0) is 17.6. The van der Waals surface area contributed by atoms with Crippen molar-refractivity contribution in [1.82, 2.24) is 0 Å². The highest BCUT2D eigenvalue weighted by Gasteiger charge is 2.56. The molecule has 0 aromatic heterocycles. The van der Waals surface area contributed by atoms with Gasteiger partial charge in [0.2, 0.25) is 0 Å². The van der Waals surface area contributed by atoms with E-state index in [1.54, 1.807) is 0 Å². The first kappa shape index (κ1) is 17.5. The fourth-order valence-corrected chi connectivity index (χ4v) is 6.41. The van der Waals surface area contributed by atoms with Crippen LogP contribution in [0.4, 0.5) is 0 Å². The second-order valence-corrected chi connectivity index (χ2v) is 9.39. The Hall–Kier alpha value is -0.870. The van der Waals surface area contributed by atoms with Gasteiger partial charge in [-0.05, 0) is 56.3 Å².